The van der Waals surface area contributed by atoms with Gasteiger partial charge in [-0.05, 0) is 18.9 Å². The maximum Gasteiger partial charge on any atom is 0.418 e. The summed E-state index contributed by atoms with van der Waals surface area (Å²) in [5.74, 6) is -0.637. The molecule has 1 aromatic rings. The molecule has 0 saturated carbocycles. The van der Waals surface area contributed by atoms with Gasteiger partial charge in [0.15, 0.2) is 6.10 Å². The molecule has 1 saturated heterocycles. The molecule has 132 valence electrons. The molecule has 8 heteroatoms. The summed E-state index contributed by atoms with van der Waals surface area (Å²) in [4.78, 5) is 23.6. The van der Waals surface area contributed by atoms with Gasteiger partial charge in [-0.15, -0.1) is 0 Å². The van der Waals surface area contributed by atoms with Crippen LogP contribution in [0.2, 0.25) is 0 Å². The third kappa shape index (κ3) is 4.95. The fourth-order valence-corrected chi connectivity index (χ4v) is 2.65. The number of aliphatic hydroxyl groups excluding tert-OH is 1. The molecular formula is C16H19F3N2O3. The van der Waals surface area contributed by atoms with Gasteiger partial charge in [0.05, 0.1) is 0 Å². The number of carbonyl (C=O) groups is 2. The topological polar surface area (TPSA) is 78.4 Å². The van der Waals surface area contributed by atoms with Crippen molar-refractivity contribution in [2.45, 2.75) is 50.4 Å². The molecule has 24 heavy (non-hydrogen) atoms. The summed E-state index contributed by atoms with van der Waals surface area (Å²) in [6.07, 6.45) is -4.90. The molecule has 0 aromatic heterocycles. The van der Waals surface area contributed by atoms with E-state index in [0.717, 1.165) is 18.9 Å². The van der Waals surface area contributed by atoms with Crippen LogP contribution in [0.15, 0.2) is 24.3 Å². The standard InChI is InChI=1S/C16H19F3N2O3/c17-16(18,19)15(24)11-6-2-3-7-12(11)21-14(23)9-10-5-1-4-8-13(22)20-10/h2-3,6-7,10,15,24H,1,4-5,8-9H2,(H,20,22)(H,21,23)/t10-,15-/m0/s1. The third-order valence-electron chi connectivity index (χ3n) is 3.84. The number of carbonyl (C=O) groups excluding carboxylic acids is 2. The summed E-state index contributed by atoms with van der Waals surface area (Å²) in [7, 11) is 0. The first-order valence-electron chi connectivity index (χ1n) is 7.70. The van der Waals surface area contributed by atoms with E-state index in [1.165, 1.54) is 18.2 Å². The molecule has 1 aromatic carbocycles. The van der Waals surface area contributed by atoms with Gasteiger partial charge in [0, 0.05) is 30.1 Å². The van der Waals surface area contributed by atoms with Crippen LogP contribution in [0, 0.1) is 0 Å². The van der Waals surface area contributed by atoms with Gasteiger partial charge < -0.3 is 15.7 Å². The molecule has 5 nitrogen and oxygen atoms in total. The monoisotopic (exact) mass is 344 g/mol. The summed E-state index contributed by atoms with van der Waals surface area (Å²) < 4.78 is 38.1. The number of benzene rings is 1. The second kappa shape index (κ2) is 7.65. The number of anilines is 1. The van der Waals surface area contributed by atoms with E-state index >= 15 is 0 Å². The van der Waals surface area contributed by atoms with Crippen molar-refractivity contribution in [1.82, 2.24) is 5.32 Å². The van der Waals surface area contributed by atoms with E-state index in [0.29, 0.717) is 12.8 Å². The minimum Gasteiger partial charge on any atom is -0.379 e. The van der Waals surface area contributed by atoms with E-state index in [1.807, 2.05) is 0 Å². The Morgan fingerprint density at radius 1 is 1.33 bits per heavy atom. The predicted octanol–water partition coefficient (Wildman–Crippen LogP) is 2.67. The van der Waals surface area contributed by atoms with Crippen LogP contribution in [0.5, 0.6) is 0 Å². The number of para-hydroxylation sites is 1. The van der Waals surface area contributed by atoms with Crippen LogP contribution in [0.25, 0.3) is 0 Å². The minimum atomic E-state index is -4.82. The predicted molar refractivity (Wildman–Crippen MR) is 81.1 cm³/mol. The Kier molecular flexibility index (Phi) is 5.82. The van der Waals surface area contributed by atoms with Gasteiger partial charge in [-0.3, -0.25) is 9.59 Å². The lowest BCUT2D eigenvalue weighted by Gasteiger charge is -2.20. The maximum atomic E-state index is 12.7. The molecular weight excluding hydrogens is 325 g/mol. The third-order valence-corrected chi connectivity index (χ3v) is 3.84. The number of hydrogen-bond acceptors (Lipinski definition) is 3. The summed E-state index contributed by atoms with van der Waals surface area (Å²) in [5, 5.41) is 14.5. The summed E-state index contributed by atoms with van der Waals surface area (Å²) in [5.41, 5.74) is -0.504. The summed E-state index contributed by atoms with van der Waals surface area (Å²) >= 11 is 0. The highest BCUT2D eigenvalue weighted by Crippen LogP contribution is 2.36. The number of hydrogen-bond donors (Lipinski definition) is 3. The smallest absolute Gasteiger partial charge is 0.379 e. The zero-order chi connectivity index (χ0) is 17.7. The van der Waals surface area contributed by atoms with Crippen molar-refractivity contribution in [2.24, 2.45) is 0 Å². The van der Waals surface area contributed by atoms with Gasteiger partial charge in [0.25, 0.3) is 0 Å². The van der Waals surface area contributed by atoms with E-state index in [1.54, 1.807) is 0 Å². The van der Waals surface area contributed by atoms with E-state index in [-0.39, 0.29) is 24.1 Å². The van der Waals surface area contributed by atoms with Crippen molar-refractivity contribution in [3.63, 3.8) is 0 Å². The van der Waals surface area contributed by atoms with Crippen molar-refractivity contribution < 1.29 is 27.9 Å². The number of amides is 2. The van der Waals surface area contributed by atoms with Crippen LogP contribution < -0.4 is 10.6 Å². The molecule has 1 fully saturated rings. The highest BCUT2D eigenvalue weighted by molar-refractivity contribution is 5.92. The number of nitrogens with one attached hydrogen (secondary N) is 2. The quantitative estimate of drug-likeness (QED) is 0.786. The first-order chi connectivity index (χ1) is 11.3. The second-order valence-corrected chi connectivity index (χ2v) is 5.79. The van der Waals surface area contributed by atoms with Crippen molar-refractivity contribution >= 4 is 17.5 Å². The molecule has 3 N–H and O–H groups in total. The Morgan fingerprint density at radius 3 is 2.75 bits per heavy atom. The van der Waals surface area contributed by atoms with Crippen LogP contribution in [-0.2, 0) is 9.59 Å². The van der Waals surface area contributed by atoms with Crippen molar-refractivity contribution in [3.8, 4) is 0 Å². The highest BCUT2D eigenvalue weighted by Gasteiger charge is 2.40. The summed E-state index contributed by atoms with van der Waals surface area (Å²) in [6, 6.07) is 4.90. The van der Waals surface area contributed by atoms with E-state index in [4.69, 9.17) is 0 Å². The molecule has 0 spiro atoms. The molecule has 0 unspecified atom stereocenters. The van der Waals surface area contributed by atoms with Gasteiger partial charge in [-0.2, -0.15) is 13.2 Å². The minimum absolute atomic E-state index is 0.0256. The average Bonchev–Trinajstić information content (AvgIpc) is 2.70. The van der Waals surface area contributed by atoms with Crippen LogP contribution >= 0.6 is 0 Å². The first kappa shape index (κ1) is 18.3. The second-order valence-electron chi connectivity index (χ2n) is 5.79. The molecule has 2 atom stereocenters. The number of halogens is 3. The van der Waals surface area contributed by atoms with Crippen molar-refractivity contribution in [2.75, 3.05) is 5.32 Å². The van der Waals surface area contributed by atoms with Crippen LogP contribution in [0.4, 0.5) is 18.9 Å². The molecule has 1 aliphatic heterocycles. The molecule has 1 heterocycles. The Bertz CT molecular complexity index is 604. The van der Waals surface area contributed by atoms with Gasteiger partial charge in [-0.25, -0.2) is 0 Å². The van der Waals surface area contributed by atoms with E-state index in [2.05, 4.69) is 10.6 Å². The Hall–Kier alpha value is -2.09. The fraction of sp³-hybridized carbons (Fsp3) is 0.500. The molecule has 0 aliphatic carbocycles. The Balaban J connectivity index is 2.05. The highest BCUT2D eigenvalue weighted by atomic mass is 19.4. The van der Waals surface area contributed by atoms with Crippen molar-refractivity contribution in [1.29, 1.82) is 0 Å². The molecule has 0 bridgehead atoms. The first-order valence-corrected chi connectivity index (χ1v) is 7.70. The molecule has 0 radical (unpaired) electrons. The average molecular weight is 344 g/mol. The normalized spacial score (nSPS) is 20.0. The van der Waals surface area contributed by atoms with Crippen LogP contribution in [0.1, 0.15) is 43.8 Å². The summed E-state index contributed by atoms with van der Waals surface area (Å²) in [6.45, 7) is 0. The Labute approximate surface area is 137 Å². The molecule has 2 rings (SSSR count). The lowest BCUT2D eigenvalue weighted by atomic mass is 10.1. The lowest BCUT2D eigenvalue weighted by Crippen LogP contribution is -2.36. The van der Waals surface area contributed by atoms with E-state index in [9.17, 15) is 27.9 Å². The van der Waals surface area contributed by atoms with Gasteiger partial charge >= 0.3 is 6.18 Å². The van der Waals surface area contributed by atoms with Crippen LogP contribution in [-0.4, -0.2) is 29.1 Å². The van der Waals surface area contributed by atoms with Crippen LogP contribution in [0.3, 0.4) is 0 Å². The number of aliphatic hydroxyl groups is 1. The molecule has 1 aliphatic rings. The maximum absolute atomic E-state index is 12.7. The van der Waals surface area contributed by atoms with Crippen molar-refractivity contribution in [3.05, 3.63) is 29.8 Å². The SMILES string of the molecule is O=C(C[C@@H]1CCCCC(=O)N1)Nc1ccccc1[C@H](O)C(F)(F)F. The fourth-order valence-electron chi connectivity index (χ4n) is 2.65. The zero-order valence-corrected chi connectivity index (χ0v) is 12.9. The van der Waals surface area contributed by atoms with Gasteiger partial charge in [0.1, 0.15) is 0 Å². The largest absolute Gasteiger partial charge is 0.418 e. The Morgan fingerprint density at radius 2 is 2.04 bits per heavy atom. The lowest BCUT2D eigenvalue weighted by molar-refractivity contribution is -0.206. The zero-order valence-electron chi connectivity index (χ0n) is 12.9. The van der Waals surface area contributed by atoms with E-state index < -0.39 is 23.8 Å². The number of rotatable bonds is 4. The van der Waals surface area contributed by atoms with Gasteiger partial charge in [-0.1, -0.05) is 24.6 Å². The molecule has 2 amide bonds. The van der Waals surface area contributed by atoms with Gasteiger partial charge in [0.2, 0.25) is 11.8 Å². The number of alkyl halides is 3.